The van der Waals surface area contributed by atoms with Crippen molar-refractivity contribution in [2.75, 3.05) is 10.1 Å². The van der Waals surface area contributed by atoms with Crippen LogP contribution >= 0.6 is 11.6 Å². The van der Waals surface area contributed by atoms with Gasteiger partial charge in [-0.25, -0.2) is 13.4 Å². The molecule has 0 unspecified atom stereocenters. The van der Waals surface area contributed by atoms with Crippen LogP contribution in [0.15, 0.2) is 95.4 Å². The average molecular weight is 497 g/mol. The highest BCUT2D eigenvalue weighted by Crippen LogP contribution is 2.29. The number of sulfonamides is 1. The van der Waals surface area contributed by atoms with Gasteiger partial charge in [-0.05, 0) is 54.1 Å². The van der Waals surface area contributed by atoms with E-state index < -0.39 is 20.6 Å². The minimum absolute atomic E-state index is 0.0433. The number of halogens is 1. The normalized spacial score (nSPS) is 11.4. The summed E-state index contributed by atoms with van der Waals surface area (Å²) >= 11 is 5.81. The van der Waals surface area contributed by atoms with Crippen LogP contribution in [0.5, 0.6) is 0 Å². The van der Waals surface area contributed by atoms with Gasteiger partial charge < -0.3 is 4.57 Å². The van der Waals surface area contributed by atoms with Crippen LogP contribution in [-0.2, 0) is 10.0 Å². The Kier molecular flexibility index (Phi) is 6.57. The lowest BCUT2D eigenvalue weighted by atomic mass is 10.2. The summed E-state index contributed by atoms with van der Waals surface area (Å²) in [5.41, 5.74) is 4.16. The van der Waals surface area contributed by atoms with Gasteiger partial charge in [0.05, 0.1) is 22.4 Å². The molecule has 3 aromatic carbocycles. The first kappa shape index (κ1) is 23.0. The molecule has 0 atom stereocenters. The fourth-order valence-corrected chi connectivity index (χ4v) is 4.18. The van der Waals surface area contributed by atoms with Gasteiger partial charge in [0.15, 0.2) is 0 Å². The van der Waals surface area contributed by atoms with E-state index in [9.17, 15) is 18.5 Å². The topological polar surface area (TPSA) is 132 Å². The van der Waals surface area contributed by atoms with Gasteiger partial charge in [-0.1, -0.05) is 23.7 Å². The van der Waals surface area contributed by atoms with Gasteiger partial charge in [-0.3, -0.25) is 20.3 Å². The number of hydrogen-bond acceptors (Lipinski definition) is 7. The summed E-state index contributed by atoms with van der Waals surface area (Å²) in [7, 11) is -4.06. The number of anilines is 2. The summed E-state index contributed by atoms with van der Waals surface area (Å²) in [6, 6.07) is 16.9. The molecule has 1 aromatic heterocycles. The van der Waals surface area contributed by atoms with Crippen LogP contribution in [-0.4, -0.2) is 29.1 Å². The van der Waals surface area contributed by atoms with Crippen LogP contribution in [0.25, 0.3) is 5.69 Å². The van der Waals surface area contributed by atoms with E-state index >= 15 is 0 Å². The summed E-state index contributed by atoms with van der Waals surface area (Å²) in [6.45, 7) is 0. The van der Waals surface area contributed by atoms with E-state index in [4.69, 9.17) is 11.6 Å². The summed E-state index contributed by atoms with van der Waals surface area (Å²) in [5.74, 6) is 0. The average Bonchev–Trinajstić information content (AvgIpc) is 3.36. The lowest BCUT2D eigenvalue weighted by Crippen LogP contribution is -2.13. The molecule has 34 heavy (non-hydrogen) atoms. The third-order valence-corrected chi connectivity index (χ3v) is 6.30. The molecular formula is C22H17ClN6O4S. The van der Waals surface area contributed by atoms with Gasteiger partial charge in [0.1, 0.15) is 5.69 Å². The van der Waals surface area contributed by atoms with Crippen molar-refractivity contribution in [3.8, 4) is 5.69 Å². The maximum Gasteiger partial charge on any atom is 0.295 e. The van der Waals surface area contributed by atoms with Gasteiger partial charge in [0.25, 0.3) is 15.7 Å². The first-order chi connectivity index (χ1) is 16.3. The van der Waals surface area contributed by atoms with Crippen LogP contribution < -0.4 is 10.1 Å². The Hall–Kier alpha value is -4.22. The molecule has 1 heterocycles. The highest BCUT2D eigenvalue weighted by atomic mass is 35.5. The number of nitro benzene ring substituents is 1. The van der Waals surface area contributed by atoms with E-state index in [1.165, 1.54) is 42.6 Å². The van der Waals surface area contributed by atoms with E-state index in [2.05, 4.69) is 20.2 Å². The molecule has 0 amide bonds. The van der Waals surface area contributed by atoms with Crippen molar-refractivity contribution < 1.29 is 13.3 Å². The number of imidazole rings is 1. The summed E-state index contributed by atoms with van der Waals surface area (Å²) in [4.78, 5) is 14.6. The molecule has 0 spiro atoms. The Balaban J connectivity index is 1.50. The fraction of sp³-hybridized carbons (Fsp3) is 0. The van der Waals surface area contributed by atoms with Gasteiger partial charge in [0, 0.05) is 34.9 Å². The van der Waals surface area contributed by atoms with Crippen molar-refractivity contribution >= 4 is 44.9 Å². The van der Waals surface area contributed by atoms with E-state index in [0.29, 0.717) is 5.02 Å². The maximum atomic E-state index is 12.7. The van der Waals surface area contributed by atoms with E-state index in [-0.39, 0.29) is 16.3 Å². The molecule has 10 nitrogen and oxygen atoms in total. The molecule has 2 N–H and O–H groups in total. The van der Waals surface area contributed by atoms with Gasteiger partial charge in [0.2, 0.25) is 0 Å². The number of hydrogen-bond donors (Lipinski definition) is 2. The van der Waals surface area contributed by atoms with Crippen molar-refractivity contribution in [3.05, 3.63) is 106 Å². The molecule has 0 aliphatic heterocycles. The number of aromatic nitrogens is 2. The predicted octanol–water partition coefficient (Wildman–Crippen LogP) is 4.68. The zero-order valence-electron chi connectivity index (χ0n) is 17.4. The molecule has 0 aliphatic carbocycles. The molecule has 0 bridgehead atoms. The molecule has 12 heteroatoms. The lowest BCUT2D eigenvalue weighted by Gasteiger charge is -2.09. The SMILES string of the molecule is O=[N+]([O-])c1cc(S(=O)(=O)Nc2ccc(Cl)cc2)ccc1N/N=C/c1ccc(-n2ccnc2)cc1. The number of nitrogens with one attached hydrogen (secondary N) is 2. The molecule has 0 aliphatic rings. The van der Waals surface area contributed by atoms with Crippen LogP contribution in [0, 0.1) is 10.1 Å². The van der Waals surface area contributed by atoms with Crippen molar-refractivity contribution in [2.24, 2.45) is 5.10 Å². The Bertz CT molecular complexity index is 1440. The second-order valence-electron chi connectivity index (χ2n) is 6.98. The third-order valence-electron chi connectivity index (χ3n) is 4.67. The lowest BCUT2D eigenvalue weighted by molar-refractivity contribution is -0.384. The molecule has 4 rings (SSSR count). The van der Waals surface area contributed by atoms with E-state index in [1.54, 1.807) is 12.5 Å². The summed E-state index contributed by atoms with van der Waals surface area (Å²) in [6.07, 6.45) is 6.67. The zero-order valence-corrected chi connectivity index (χ0v) is 18.9. The number of nitro groups is 1. The Morgan fingerprint density at radius 3 is 2.44 bits per heavy atom. The number of nitrogens with zero attached hydrogens (tertiary/aromatic N) is 4. The highest BCUT2D eigenvalue weighted by molar-refractivity contribution is 7.92. The molecule has 0 saturated carbocycles. The first-order valence-electron chi connectivity index (χ1n) is 9.76. The number of benzene rings is 3. The summed E-state index contributed by atoms with van der Waals surface area (Å²) < 4.78 is 29.5. The Labute approximate surface area is 199 Å². The molecule has 0 saturated heterocycles. The van der Waals surface area contributed by atoms with Crippen molar-refractivity contribution in [1.82, 2.24) is 9.55 Å². The molecular weight excluding hydrogens is 480 g/mol. The second-order valence-corrected chi connectivity index (χ2v) is 9.10. The Morgan fingerprint density at radius 2 is 1.79 bits per heavy atom. The standard InChI is InChI=1S/C22H17ClN6O4S/c23-17-3-5-18(6-4-17)27-34(32,33)20-9-10-21(22(13-20)29(30)31)26-25-14-16-1-7-19(8-2-16)28-12-11-24-15-28/h1-15,26-27H/b25-14+. The highest BCUT2D eigenvalue weighted by Gasteiger charge is 2.21. The minimum Gasteiger partial charge on any atom is -0.306 e. The third kappa shape index (κ3) is 5.39. The smallest absolute Gasteiger partial charge is 0.295 e. The molecule has 4 aromatic rings. The van der Waals surface area contributed by atoms with Crippen LogP contribution in [0.1, 0.15) is 5.56 Å². The van der Waals surface area contributed by atoms with Crippen molar-refractivity contribution in [3.63, 3.8) is 0 Å². The van der Waals surface area contributed by atoms with E-state index in [1.807, 2.05) is 35.0 Å². The quantitative estimate of drug-likeness (QED) is 0.207. The molecule has 172 valence electrons. The number of rotatable bonds is 8. The van der Waals surface area contributed by atoms with Crippen molar-refractivity contribution in [1.29, 1.82) is 0 Å². The van der Waals surface area contributed by atoms with Crippen LogP contribution in [0.4, 0.5) is 17.1 Å². The predicted molar refractivity (Wildman–Crippen MR) is 130 cm³/mol. The van der Waals surface area contributed by atoms with Gasteiger partial charge in [-0.2, -0.15) is 5.10 Å². The van der Waals surface area contributed by atoms with Gasteiger partial charge >= 0.3 is 0 Å². The zero-order chi connectivity index (χ0) is 24.1. The maximum absolute atomic E-state index is 12.7. The van der Waals surface area contributed by atoms with Crippen LogP contribution in [0.3, 0.4) is 0 Å². The van der Waals surface area contributed by atoms with Crippen LogP contribution in [0.2, 0.25) is 5.02 Å². The fourth-order valence-electron chi connectivity index (χ4n) is 2.98. The van der Waals surface area contributed by atoms with E-state index in [0.717, 1.165) is 17.3 Å². The molecule has 0 fully saturated rings. The van der Waals surface area contributed by atoms with Gasteiger partial charge in [-0.15, -0.1) is 0 Å². The number of hydrazone groups is 1. The summed E-state index contributed by atoms with van der Waals surface area (Å²) in [5, 5.41) is 16.0. The molecule has 0 radical (unpaired) electrons. The second kappa shape index (κ2) is 9.73. The monoisotopic (exact) mass is 496 g/mol. The van der Waals surface area contributed by atoms with Crippen molar-refractivity contribution in [2.45, 2.75) is 4.90 Å². The minimum atomic E-state index is -4.06. The first-order valence-corrected chi connectivity index (χ1v) is 11.6. The largest absolute Gasteiger partial charge is 0.306 e. The Morgan fingerprint density at radius 1 is 1.06 bits per heavy atom.